The molecule has 0 amide bonds. The second kappa shape index (κ2) is 7.64. The summed E-state index contributed by atoms with van der Waals surface area (Å²) < 4.78 is 0. The number of hydrogen-bond acceptors (Lipinski definition) is 4. The fourth-order valence-electron chi connectivity index (χ4n) is 1.80. The molecule has 1 aliphatic heterocycles. The Morgan fingerprint density at radius 3 is 3.25 bits per heavy atom. The normalized spacial score (nSPS) is 21.1. The van der Waals surface area contributed by atoms with Crippen LogP contribution in [0.3, 0.4) is 0 Å². The van der Waals surface area contributed by atoms with E-state index < -0.39 is 0 Å². The minimum Gasteiger partial charge on any atom is -0.312 e. The summed E-state index contributed by atoms with van der Waals surface area (Å²) in [6, 6.07) is 3.00. The van der Waals surface area contributed by atoms with Crippen LogP contribution in [-0.2, 0) is 5.75 Å². The lowest BCUT2D eigenvalue weighted by atomic mass is 10.2. The van der Waals surface area contributed by atoms with E-state index in [1.807, 2.05) is 11.8 Å². The quantitative estimate of drug-likeness (QED) is 0.797. The first-order valence-electron chi connectivity index (χ1n) is 5.85. The van der Waals surface area contributed by atoms with Crippen molar-refractivity contribution < 1.29 is 0 Å². The molecular formula is C12H19NS3. The smallest absolute Gasteiger partial charge is 0.0193 e. The first-order chi connectivity index (χ1) is 7.95. The van der Waals surface area contributed by atoms with Gasteiger partial charge in [0.05, 0.1) is 0 Å². The summed E-state index contributed by atoms with van der Waals surface area (Å²) in [5.41, 5.74) is 1.48. The van der Waals surface area contributed by atoms with E-state index in [4.69, 9.17) is 0 Å². The average Bonchev–Trinajstić information content (AvgIpc) is 2.83. The largest absolute Gasteiger partial charge is 0.312 e. The molecule has 1 fully saturated rings. The molecule has 1 unspecified atom stereocenters. The zero-order valence-corrected chi connectivity index (χ0v) is 11.9. The predicted molar refractivity (Wildman–Crippen MR) is 78.8 cm³/mol. The fourth-order valence-corrected chi connectivity index (χ4v) is 4.50. The van der Waals surface area contributed by atoms with E-state index in [9.17, 15) is 0 Å². The van der Waals surface area contributed by atoms with Crippen molar-refractivity contribution in [2.75, 3.05) is 23.8 Å². The lowest BCUT2D eigenvalue weighted by Gasteiger charge is -2.22. The minimum absolute atomic E-state index is 0.778. The van der Waals surface area contributed by atoms with Crippen LogP contribution in [0.15, 0.2) is 16.8 Å². The average molecular weight is 273 g/mol. The Hall–Kier alpha value is 0.360. The van der Waals surface area contributed by atoms with Gasteiger partial charge in [0, 0.05) is 29.8 Å². The highest BCUT2D eigenvalue weighted by atomic mass is 32.2. The molecule has 90 valence electrons. The summed E-state index contributed by atoms with van der Waals surface area (Å²) in [7, 11) is 0. The van der Waals surface area contributed by atoms with Gasteiger partial charge >= 0.3 is 0 Å². The highest BCUT2D eigenvalue weighted by Crippen LogP contribution is 2.17. The second-order valence-corrected chi connectivity index (χ2v) is 7.09. The molecule has 1 aliphatic rings. The molecule has 1 aromatic rings. The van der Waals surface area contributed by atoms with Gasteiger partial charge in [-0.25, -0.2) is 0 Å². The van der Waals surface area contributed by atoms with Crippen LogP contribution in [0.5, 0.6) is 0 Å². The molecule has 1 N–H and O–H groups in total. The number of nitrogens with one attached hydrogen (secondary N) is 1. The zero-order valence-electron chi connectivity index (χ0n) is 9.48. The summed E-state index contributed by atoms with van der Waals surface area (Å²) >= 11 is 5.93. The third-order valence-electron chi connectivity index (χ3n) is 2.69. The number of thioether (sulfide) groups is 2. The van der Waals surface area contributed by atoms with Gasteiger partial charge < -0.3 is 5.32 Å². The van der Waals surface area contributed by atoms with E-state index in [2.05, 4.69) is 33.9 Å². The van der Waals surface area contributed by atoms with E-state index in [-0.39, 0.29) is 0 Å². The number of thiophene rings is 1. The van der Waals surface area contributed by atoms with Gasteiger partial charge in [-0.2, -0.15) is 34.9 Å². The Morgan fingerprint density at radius 2 is 2.50 bits per heavy atom. The lowest BCUT2D eigenvalue weighted by Crippen LogP contribution is -2.35. The van der Waals surface area contributed by atoms with Gasteiger partial charge in [0.1, 0.15) is 0 Å². The van der Waals surface area contributed by atoms with E-state index in [1.54, 1.807) is 11.3 Å². The van der Waals surface area contributed by atoms with Crippen LogP contribution in [0.25, 0.3) is 0 Å². The Balaban J connectivity index is 1.48. The molecule has 1 aromatic heterocycles. The number of hydrogen-bond donors (Lipinski definition) is 1. The second-order valence-electron chi connectivity index (χ2n) is 4.05. The van der Waals surface area contributed by atoms with Gasteiger partial charge in [0.2, 0.25) is 0 Å². The summed E-state index contributed by atoms with van der Waals surface area (Å²) in [4.78, 5) is 0. The van der Waals surface area contributed by atoms with E-state index in [0.717, 1.165) is 6.04 Å². The Morgan fingerprint density at radius 1 is 1.50 bits per heavy atom. The van der Waals surface area contributed by atoms with Gasteiger partial charge in [0.25, 0.3) is 0 Å². The number of rotatable bonds is 6. The Kier molecular flexibility index (Phi) is 6.12. The topological polar surface area (TPSA) is 12.0 Å². The van der Waals surface area contributed by atoms with Crippen molar-refractivity contribution in [3.05, 3.63) is 22.4 Å². The van der Waals surface area contributed by atoms with Crippen LogP contribution in [0.2, 0.25) is 0 Å². The van der Waals surface area contributed by atoms with E-state index in [1.165, 1.54) is 48.0 Å². The van der Waals surface area contributed by atoms with Crippen molar-refractivity contribution in [2.45, 2.75) is 24.6 Å². The van der Waals surface area contributed by atoms with Gasteiger partial charge in [-0.1, -0.05) is 0 Å². The van der Waals surface area contributed by atoms with Crippen molar-refractivity contribution in [1.82, 2.24) is 5.32 Å². The highest BCUT2D eigenvalue weighted by Gasteiger charge is 2.11. The molecule has 1 saturated heterocycles. The van der Waals surface area contributed by atoms with Crippen LogP contribution in [-0.4, -0.2) is 29.8 Å². The maximum absolute atomic E-state index is 3.66. The fraction of sp³-hybridized carbons (Fsp3) is 0.667. The van der Waals surface area contributed by atoms with Crippen molar-refractivity contribution in [1.29, 1.82) is 0 Å². The van der Waals surface area contributed by atoms with Crippen LogP contribution in [0.1, 0.15) is 18.4 Å². The summed E-state index contributed by atoms with van der Waals surface area (Å²) in [5.74, 6) is 5.09. The first-order valence-corrected chi connectivity index (χ1v) is 9.10. The van der Waals surface area contributed by atoms with Crippen molar-refractivity contribution in [3.8, 4) is 0 Å². The van der Waals surface area contributed by atoms with E-state index >= 15 is 0 Å². The highest BCUT2D eigenvalue weighted by molar-refractivity contribution is 7.99. The maximum Gasteiger partial charge on any atom is 0.0193 e. The molecule has 16 heavy (non-hydrogen) atoms. The molecule has 2 rings (SSSR count). The van der Waals surface area contributed by atoms with Gasteiger partial charge in [-0.3, -0.25) is 0 Å². The molecule has 1 atom stereocenters. The molecule has 0 radical (unpaired) electrons. The molecule has 4 heteroatoms. The predicted octanol–water partition coefficient (Wildman–Crippen LogP) is 3.47. The molecule has 0 aliphatic carbocycles. The van der Waals surface area contributed by atoms with Crippen LogP contribution >= 0.6 is 34.9 Å². The SMILES string of the molecule is c1cc(CSCCNC2CCCSC2)cs1. The lowest BCUT2D eigenvalue weighted by molar-refractivity contribution is 0.525. The standard InChI is InChI=1S/C12H19NS3/c1-2-12(10-14-5-1)13-4-7-16-9-11-3-6-15-8-11/h3,6,8,12-13H,1-2,4-5,7,9-10H2. The van der Waals surface area contributed by atoms with Crippen LogP contribution in [0.4, 0.5) is 0 Å². The molecule has 0 saturated carbocycles. The first kappa shape index (κ1) is 12.8. The van der Waals surface area contributed by atoms with Crippen molar-refractivity contribution in [3.63, 3.8) is 0 Å². The molecule has 0 aromatic carbocycles. The van der Waals surface area contributed by atoms with Crippen molar-refractivity contribution >= 4 is 34.9 Å². The zero-order chi connectivity index (χ0) is 11.1. The minimum atomic E-state index is 0.778. The monoisotopic (exact) mass is 273 g/mol. The molecule has 2 heterocycles. The van der Waals surface area contributed by atoms with Gasteiger partial charge in [0.15, 0.2) is 0 Å². The van der Waals surface area contributed by atoms with Crippen molar-refractivity contribution in [2.24, 2.45) is 0 Å². The Labute approximate surface area is 111 Å². The van der Waals surface area contributed by atoms with Crippen LogP contribution < -0.4 is 5.32 Å². The molecule has 0 bridgehead atoms. The molecule has 0 spiro atoms. The Bertz CT molecular complexity index is 268. The van der Waals surface area contributed by atoms with E-state index in [0.29, 0.717) is 0 Å². The summed E-state index contributed by atoms with van der Waals surface area (Å²) in [6.07, 6.45) is 2.77. The van der Waals surface area contributed by atoms with Gasteiger partial charge in [-0.15, -0.1) is 0 Å². The molecular weight excluding hydrogens is 254 g/mol. The maximum atomic E-state index is 3.66. The van der Waals surface area contributed by atoms with Crippen LogP contribution in [0, 0.1) is 0 Å². The third kappa shape index (κ3) is 4.70. The van der Waals surface area contributed by atoms with Gasteiger partial charge in [-0.05, 0) is 41.0 Å². The summed E-state index contributed by atoms with van der Waals surface area (Å²) in [6.45, 7) is 1.17. The third-order valence-corrected chi connectivity index (χ3v) is 5.67. The summed E-state index contributed by atoms with van der Waals surface area (Å²) in [5, 5.41) is 8.07. The molecule has 1 nitrogen and oxygen atoms in total.